The third-order valence-corrected chi connectivity index (χ3v) is 10.1. The highest BCUT2D eigenvalue weighted by Gasteiger charge is 2.38. The Labute approximate surface area is 296 Å². The Bertz CT molecular complexity index is 2690. The van der Waals surface area contributed by atoms with Gasteiger partial charge >= 0.3 is 0 Å². The highest BCUT2D eigenvalue weighted by atomic mass is 16.3. The molecule has 0 bridgehead atoms. The highest BCUT2D eigenvalue weighted by Crippen LogP contribution is 2.54. The van der Waals surface area contributed by atoms with Gasteiger partial charge in [-0.1, -0.05) is 110 Å². The number of hydrogen-bond acceptors (Lipinski definition) is 3. The lowest BCUT2D eigenvalue weighted by Gasteiger charge is -2.23. The summed E-state index contributed by atoms with van der Waals surface area (Å²) in [6.07, 6.45) is 1.82. The Morgan fingerprint density at radius 3 is 2.16 bits per heavy atom. The van der Waals surface area contributed by atoms with Crippen molar-refractivity contribution in [3.05, 3.63) is 168 Å². The first-order chi connectivity index (χ1) is 25.6. The number of para-hydroxylation sites is 3. The number of fused-ring (bicyclic) bond motifs is 4. The predicted octanol–water partition coefficient (Wildman–Crippen LogP) is 11.4. The molecule has 9 rings (SSSR count). The fraction of sp³-hybridized carbons (Fsp3) is 0.0870. The zero-order valence-electron chi connectivity index (χ0n) is 30.7. The minimum atomic E-state index is -2.16. The molecule has 4 heteroatoms. The largest absolute Gasteiger partial charge is 0.507 e. The van der Waals surface area contributed by atoms with E-state index in [1.165, 1.54) is 22.3 Å². The maximum Gasteiger partial charge on any atom is 0.149 e. The van der Waals surface area contributed by atoms with Crippen molar-refractivity contribution in [1.82, 2.24) is 14.5 Å². The topological polar surface area (TPSA) is 50.9 Å². The minimum Gasteiger partial charge on any atom is -0.507 e. The molecule has 2 heterocycles. The number of hydrogen-bond donors (Lipinski definition) is 1. The number of pyridine rings is 1. The lowest BCUT2D eigenvalue weighted by atomic mass is 9.80. The predicted molar refractivity (Wildman–Crippen MR) is 205 cm³/mol. The lowest BCUT2D eigenvalue weighted by Crippen LogP contribution is -2.15. The third kappa shape index (κ3) is 4.67. The number of aromatic nitrogens is 3. The Morgan fingerprint density at radius 2 is 1.36 bits per heavy atom. The summed E-state index contributed by atoms with van der Waals surface area (Å²) in [6.45, 7) is 2.40. The number of aryl methyl sites for hydroxylation is 1. The molecule has 2 aromatic heterocycles. The lowest BCUT2D eigenvalue weighted by molar-refractivity contribution is 0.477. The van der Waals surface area contributed by atoms with Gasteiger partial charge < -0.3 is 5.11 Å². The molecule has 0 saturated heterocycles. The summed E-state index contributed by atoms with van der Waals surface area (Å²) in [5.74, 6) is 0.822. The standard InChI is InChI=1S/C46H35N3O/c1-29-20-22-30(23-21-29)31-24-25-47-40(28-31)32-26-37(43-35-14-7-9-17-38(35)46(2,3)39(43)27-32)34-16-11-18-41-44(34)48-45(36-15-8-10-19-42(36)50)49(41)33-12-5-4-6-13-33/h4-28,50H,1-3H3/i1D3. The van der Waals surface area contributed by atoms with Crippen molar-refractivity contribution in [3.63, 3.8) is 0 Å². The van der Waals surface area contributed by atoms with Gasteiger partial charge in [0.05, 0.1) is 22.3 Å². The molecule has 0 radical (unpaired) electrons. The van der Waals surface area contributed by atoms with E-state index in [1.54, 1.807) is 18.2 Å². The first kappa shape index (κ1) is 26.7. The second-order valence-corrected chi connectivity index (χ2v) is 13.4. The van der Waals surface area contributed by atoms with Crippen LogP contribution in [-0.4, -0.2) is 19.6 Å². The number of benzene rings is 6. The van der Waals surface area contributed by atoms with Gasteiger partial charge in [-0.05, 0) is 100 Å². The monoisotopic (exact) mass is 648 g/mol. The van der Waals surface area contributed by atoms with Crippen LogP contribution in [0.1, 0.15) is 34.7 Å². The Hall–Kier alpha value is -6.26. The van der Waals surface area contributed by atoms with Crippen molar-refractivity contribution >= 4 is 11.0 Å². The van der Waals surface area contributed by atoms with Crippen molar-refractivity contribution in [2.75, 3.05) is 0 Å². The third-order valence-electron chi connectivity index (χ3n) is 10.1. The van der Waals surface area contributed by atoms with Gasteiger partial charge in [-0.2, -0.15) is 0 Å². The molecule has 0 spiro atoms. The molecule has 8 aromatic rings. The van der Waals surface area contributed by atoms with E-state index in [1.807, 2.05) is 60.8 Å². The fourth-order valence-electron chi connectivity index (χ4n) is 7.61. The van der Waals surface area contributed by atoms with Crippen LogP contribution in [0.2, 0.25) is 0 Å². The van der Waals surface area contributed by atoms with E-state index < -0.39 is 6.85 Å². The molecule has 4 nitrogen and oxygen atoms in total. The molecular weight excluding hydrogens is 611 g/mol. The summed E-state index contributed by atoms with van der Waals surface area (Å²) in [7, 11) is 0. The van der Waals surface area contributed by atoms with Crippen LogP contribution in [0.3, 0.4) is 0 Å². The summed E-state index contributed by atoms with van der Waals surface area (Å²) < 4.78 is 25.5. The van der Waals surface area contributed by atoms with Crippen LogP contribution >= 0.6 is 0 Å². The highest BCUT2D eigenvalue weighted by molar-refractivity contribution is 6.03. The minimum absolute atomic E-state index is 0.166. The van der Waals surface area contributed by atoms with Crippen LogP contribution in [0.4, 0.5) is 0 Å². The fourth-order valence-corrected chi connectivity index (χ4v) is 7.61. The Kier molecular flexibility index (Phi) is 6.09. The molecule has 6 aromatic carbocycles. The van der Waals surface area contributed by atoms with Crippen molar-refractivity contribution in [1.29, 1.82) is 0 Å². The van der Waals surface area contributed by atoms with Gasteiger partial charge in [0.25, 0.3) is 0 Å². The van der Waals surface area contributed by atoms with Crippen LogP contribution in [0.25, 0.3) is 72.7 Å². The number of imidazole rings is 1. The number of nitrogens with zero attached hydrogens (tertiary/aromatic N) is 3. The van der Waals surface area contributed by atoms with Crippen LogP contribution in [0.15, 0.2) is 152 Å². The van der Waals surface area contributed by atoms with Crippen LogP contribution in [-0.2, 0) is 5.41 Å². The van der Waals surface area contributed by atoms with Crippen LogP contribution in [0.5, 0.6) is 5.75 Å². The van der Waals surface area contributed by atoms with Gasteiger partial charge in [-0.3, -0.25) is 9.55 Å². The van der Waals surface area contributed by atoms with Gasteiger partial charge in [-0.25, -0.2) is 4.98 Å². The zero-order chi connectivity index (χ0) is 36.5. The molecule has 0 atom stereocenters. The maximum atomic E-state index is 11.1. The molecule has 1 aliphatic carbocycles. The molecule has 0 fully saturated rings. The summed E-state index contributed by atoms with van der Waals surface area (Å²) in [4.78, 5) is 10.2. The SMILES string of the molecule is [2H]C([2H])([2H])c1ccc(-c2ccnc(-c3cc(-c4cccc5c4nc(-c4ccccc4O)n5-c4ccccc4)c4c(c3)C(C)(C)c3ccccc3-4)c2)cc1. The quantitative estimate of drug-likeness (QED) is 0.202. The van der Waals surface area contributed by atoms with E-state index in [0.717, 1.165) is 50.2 Å². The summed E-state index contributed by atoms with van der Waals surface area (Å²) in [6, 6.07) is 48.1. The molecule has 0 amide bonds. The van der Waals surface area contributed by atoms with Gasteiger partial charge in [0.1, 0.15) is 11.6 Å². The van der Waals surface area contributed by atoms with Crippen molar-refractivity contribution < 1.29 is 9.22 Å². The van der Waals surface area contributed by atoms with E-state index in [2.05, 4.69) is 91.2 Å². The smallest absolute Gasteiger partial charge is 0.149 e. The van der Waals surface area contributed by atoms with E-state index in [9.17, 15) is 5.11 Å². The Balaban J connectivity index is 1.30. The molecule has 50 heavy (non-hydrogen) atoms. The molecule has 0 aliphatic heterocycles. The molecule has 0 unspecified atom stereocenters. The number of phenolic OH excluding ortho intramolecular Hbond substituents is 1. The van der Waals surface area contributed by atoms with Crippen molar-refractivity contribution in [2.24, 2.45) is 0 Å². The second kappa shape index (κ2) is 11.4. The van der Waals surface area contributed by atoms with Crippen molar-refractivity contribution in [2.45, 2.75) is 26.1 Å². The normalized spacial score (nSPS) is 14.1. The molecular formula is C46H35N3O. The van der Waals surface area contributed by atoms with Crippen molar-refractivity contribution in [3.8, 4) is 67.5 Å². The summed E-state index contributed by atoms with van der Waals surface area (Å²) in [5.41, 5.74) is 13.9. The van der Waals surface area contributed by atoms with Gasteiger partial charge in [-0.15, -0.1) is 0 Å². The van der Waals surface area contributed by atoms with E-state index >= 15 is 0 Å². The van der Waals surface area contributed by atoms with E-state index in [0.29, 0.717) is 17.0 Å². The first-order valence-electron chi connectivity index (χ1n) is 18.3. The number of aromatic hydroxyl groups is 1. The molecule has 240 valence electrons. The maximum absolute atomic E-state index is 11.1. The van der Waals surface area contributed by atoms with Gasteiger partial charge in [0.15, 0.2) is 0 Å². The summed E-state index contributed by atoms with van der Waals surface area (Å²) >= 11 is 0. The Morgan fingerprint density at radius 1 is 0.620 bits per heavy atom. The van der Waals surface area contributed by atoms with Gasteiger partial charge in [0, 0.05) is 32.5 Å². The van der Waals surface area contributed by atoms with E-state index in [4.69, 9.17) is 14.1 Å². The van der Waals surface area contributed by atoms with Gasteiger partial charge in [0.2, 0.25) is 0 Å². The first-order valence-corrected chi connectivity index (χ1v) is 16.8. The average molecular weight is 649 g/mol. The number of phenols is 1. The average Bonchev–Trinajstić information content (AvgIpc) is 3.67. The molecule has 0 saturated carbocycles. The van der Waals surface area contributed by atoms with E-state index in [-0.39, 0.29) is 11.2 Å². The summed E-state index contributed by atoms with van der Waals surface area (Å²) in [5, 5.41) is 11.1. The van der Waals surface area contributed by atoms with Crippen LogP contribution in [0, 0.1) is 6.85 Å². The molecule has 1 N–H and O–H groups in total. The second-order valence-electron chi connectivity index (χ2n) is 13.4. The molecule has 1 aliphatic rings. The zero-order valence-corrected chi connectivity index (χ0v) is 27.7. The van der Waals surface area contributed by atoms with Crippen LogP contribution < -0.4 is 0 Å². The number of rotatable bonds is 5.